The molecule has 0 aliphatic heterocycles. The smallest absolute Gasteiger partial charge is 0.119 e. The van der Waals surface area contributed by atoms with Crippen molar-refractivity contribution in [3.05, 3.63) is 65.2 Å². The third-order valence-electron chi connectivity index (χ3n) is 3.47. The van der Waals surface area contributed by atoms with Crippen LogP contribution in [0.4, 0.5) is 0 Å². The van der Waals surface area contributed by atoms with Gasteiger partial charge in [0.05, 0.1) is 7.11 Å². The molecule has 2 rings (SSSR count). The number of methoxy groups -OCH3 is 1. The standard InChI is InChI=1S/C17H21NO2S/c1-13-6-3-4-7-15(13)11-21(19)12-17(18)14-8-5-9-16(10-14)20-2/h3-10,17H,11-12,18H2,1-2H3. The van der Waals surface area contributed by atoms with E-state index in [-0.39, 0.29) is 6.04 Å². The molecule has 0 bridgehead atoms. The fourth-order valence-corrected chi connectivity index (χ4v) is 3.55. The van der Waals surface area contributed by atoms with Gasteiger partial charge in [0.2, 0.25) is 0 Å². The second kappa shape index (κ2) is 7.38. The molecule has 2 N–H and O–H groups in total. The van der Waals surface area contributed by atoms with Gasteiger partial charge in [0.25, 0.3) is 0 Å². The largest absolute Gasteiger partial charge is 0.497 e. The van der Waals surface area contributed by atoms with Crippen molar-refractivity contribution >= 4 is 10.8 Å². The molecular weight excluding hydrogens is 282 g/mol. The van der Waals surface area contributed by atoms with Gasteiger partial charge in [0.1, 0.15) is 5.75 Å². The molecule has 0 saturated heterocycles. The minimum absolute atomic E-state index is 0.245. The van der Waals surface area contributed by atoms with Crippen molar-refractivity contribution in [2.75, 3.05) is 12.9 Å². The lowest BCUT2D eigenvalue weighted by molar-refractivity contribution is 0.414. The molecule has 21 heavy (non-hydrogen) atoms. The first kappa shape index (κ1) is 15.7. The summed E-state index contributed by atoms with van der Waals surface area (Å²) in [5.41, 5.74) is 9.40. The predicted octanol–water partition coefficient (Wildman–Crippen LogP) is 2.95. The minimum Gasteiger partial charge on any atom is -0.497 e. The maximum absolute atomic E-state index is 12.3. The molecule has 2 aromatic rings. The fraction of sp³-hybridized carbons (Fsp3) is 0.294. The lowest BCUT2D eigenvalue weighted by Gasteiger charge is -2.13. The molecule has 0 spiro atoms. The average Bonchev–Trinajstić information content (AvgIpc) is 2.49. The van der Waals surface area contributed by atoms with Gasteiger partial charge in [0, 0.05) is 28.3 Å². The van der Waals surface area contributed by atoms with Crippen LogP contribution in [0.2, 0.25) is 0 Å². The molecule has 0 radical (unpaired) electrons. The molecule has 3 nitrogen and oxygen atoms in total. The molecule has 4 heteroatoms. The summed E-state index contributed by atoms with van der Waals surface area (Å²) in [6, 6.07) is 15.4. The summed E-state index contributed by atoms with van der Waals surface area (Å²) in [4.78, 5) is 0. The summed E-state index contributed by atoms with van der Waals surface area (Å²) in [6.07, 6.45) is 0. The molecule has 0 amide bonds. The van der Waals surface area contributed by atoms with Crippen LogP contribution in [-0.4, -0.2) is 17.1 Å². The molecule has 2 unspecified atom stereocenters. The fourth-order valence-electron chi connectivity index (χ4n) is 2.17. The van der Waals surface area contributed by atoms with Crippen LogP contribution in [0.3, 0.4) is 0 Å². The van der Waals surface area contributed by atoms with Crippen molar-refractivity contribution in [2.45, 2.75) is 18.7 Å². The molecule has 0 aliphatic rings. The van der Waals surface area contributed by atoms with Gasteiger partial charge in [-0.2, -0.15) is 0 Å². The first-order valence-electron chi connectivity index (χ1n) is 6.89. The van der Waals surface area contributed by atoms with E-state index in [0.717, 1.165) is 16.9 Å². The van der Waals surface area contributed by atoms with Gasteiger partial charge in [-0.1, -0.05) is 36.4 Å². The lowest BCUT2D eigenvalue weighted by Crippen LogP contribution is -2.19. The second-order valence-electron chi connectivity index (χ2n) is 5.06. The average molecular weight is 303 g/mol. The summed E-state index contributed by atoms with van der Waals surface area (Å²) < 4.78 is 17.5. The third kappa shape index (κ3) is 4.41. The second-order valence-corrected chi connectivity index (χ2v) is 6.56. The summed E-state index contributed by atoms with van der Waals surface area (Å²) in [7, 11) is 0.640. The van der Waals surface area contributed by atoms with E-state index in [2.05, 4.69) is 0 Å². The molecule has 0 fully saturated rings. The number of hydrogen-bond acceptors (Lipinski definition) is 3. The van der Waals surface area contributed by atoms with Crippen molar-refractivity contribution in [3.8, 4) is 5.75 Å². The Morgan fingerprint density at radius 1 is 1.19 bits per heavy atom. The zero-order chi connectivity index (χ0) is 15.2. The van der Waals surface area contributed by atoms with Gasteiger partial charge in [-0.15, -0.1) is 0 Å². The highest BCUT2D eigenvalue weighted by Gasteiger charge is 2.12. The Balaban J connectivity index is 2.00. The summed E-state index contributed by atoms with van der Waals surface area (Å²) in [5.74, 6) is 1.76. The highest BCUT2D eigenvalue weighted by Crippen LogP contribution is 2.19. The highest BCUT2D eigenvalue weighted by molar-refractivity contribution is 7.84. The number of rotatable bonds is 6. The zero-order valence-corrected chi connectivity index (χ0v) is 13.2. The maximum Gasteiger partial charge on any atom is 0.119 e. The van der Waals surface area contributed by atoms with Crippen LogP contribution >= 0.6 is 0 Å². The van der Waals surface area contributed by atoms with Crippen LogP contribution in [0.1, 0.15) is 22.7 Å². The van der Waals surface area contributed by atoms with Crippen LogP contribution in [0.25, 0.3) is 0 Å². The van der Waals surface area contributed by atoms with E-state index in [9.17, 15) is 4.21 Å². The molecule has 0 saturated carbocycles. The van der Waals surface area contributed by atoms with Gasteiger partial charge in [0.15, 0.2) is 0 Å². The number of nitrogens with two attached hydrogens (primary N) is 1. The molecule has 0 aliphatic carbocycles. The Hall–Kier alpha value is -1.65. The first-order valence-corrected chi connectivity index (χ1v) is 8.38. The number of ether oxygens (including phenoxy) is 1. The normalized spacial score (nSPS) is 13.7. The van der Waals surface area contributed by atoms with E-state index >= 15 is 0 Å². The van der Waals surface area contributed by atoms with Crippen molar-refractivity contribution in [1.29, 1.82) is 0 Å². The topological polar surface area (TPSA) is 52.3 Å². The van der Waals surface area contributed by atoms with Crippen molar-refractivity contribution in [1.82, 2.24) is 0 Å². The van der Waals surface area contributed by atoms with Crippen LogP contribution < -0.4 is 10.5 Å². The maximum atomic E-state index is 12.3. The lowest BCUT2D eigenvalue weighted by atomic mass is 10.1. The zero-order valence-electron chi connectivity index (χ0n) is 12.4. The number of benzene rings is 2. The van der Waals surface area contributed by atoms with E-state index in [1.807, 2.05) is 55.5 Å². The van der Waals surface area contributed by atoms with Gasteiger partial charge < -0.3 is 10.5 Å². The van der Waals surface area contributed by atoms with Gasteiger partial charge in [-0.25, -0.2) is 0 Å². The van der Waals surface area contributed by atoms with E-state index in [1.54, 1.807) is 7.11 Å². The number of aryl methyl sites for hydroxylation is 1. The van der Waals surface area contributed by atoms with Crippen LogP contribution in [0.15, 0.2) is 48.5 Å². The predicted molar refractivity (Wildman–Crippen MR) is 87.8 cm³/mol. The van der Waals surface area contributed by atoms with E-state index in [1.165, 1.54) is 5.56 Å². The minimum atomic E-state index is -0.986. The van der Waals surface area contributed by atoms with Crippen molar-refractivity contribution in [2.24, 2.45) is 5.73 Å². The first-order chi connectivity index (χ1) is 10.1. The summed E-state index contributed by atoms with van der Waals surface area (Å²) in [6.45, 7) is 2.04. The quantitative estimate of drug-likeness (QED) is 0.892. The molecule has 112 valence electrons. The van der Waals surface area contributed by atoms with Gasteiger partial charge >= 0.3 is 0 Å². The van der Waals surface area contributed by atoms with E-state index < -0.39 is 10.8 Å². The van der Waals surface area contributed by atoms with Gasteiger partial charge in [-0.3, -0.25) is 4.21 Å². The molecule has 0 heterocycles. The third-order valence-corrected chi connectivity index (χ3v) is 4.83. The molecular formula is C17H21NO2S. The Labute approximate surface area is 128 Å². The Morgan fingerprint density at radius 2 is 1.95 bits per heavy atom. The summed E-state index contributed by atoms with van der Waals surface area (Å²) in [5, 5.41) is 0. The van der Waals surface area contributed by atoms with E-state index in [4.69, 9.17) is 10.5 Å². The SMILES string of the molecule is COc1cccc(C(N)CS(=O)Cc2ccccc2C)c1. The van der Waals surface area contributed by atoms with Crippen LogP contribution in [0, 0.1) is 6.92 Å². The molecule has 2 aromatic carbocycles. The Morgan fingerprint density at radius 3 is 2.67 bits per heavy atom. The van der Waals surface area contributed by atoms with Crippen molar-refractivity contribution < 1.29 is 8.95 Å². The van der Waals surface area contributed by atoms with Crippen LogP contribution in [0.5, 0.6) is 5.75 Å². The Kier molecular flexibility index (Phi) is 5.53. The van der Waals surface area contributed by atoms with Crippen LogP contribution in [-0.2, 0) is 16.6 Å². The molecule has 0 aromatic heterocycles. The summed E-state index contributed by atoms with van der Waals surface area (Å²) >= 11 is 0. The Bertz CT molecular complexity index is 628. The molecule has 2 atom stereocenters. The van der Waals surface area contributed by atoms with E-state index in [0.29, 0.717) is 11.5 Å². The van der Waals surface area contributed by atoms with Gasteiger partial charge in [-0.05, 0) is 35.7 Å². The highest BCUT2D eigenvalue weighted by atomic mass is 32.2. The van der Waals surface area contributed by atoms with Crippen molar-refractivity contribution in [3.63, 3.8) is 0 Å². The number of hydrogen-bond donors (Lipinski definition) is 1. The monoisotopic (exact) mass is 303 g/mol.